The van der Waals surface area contributed by atoms with Crippen LogP contribution in [0.15, 0.2) is 18.2 Å². The molecule has 0 aliphatic heterocycles. The van der Waals surface area contributed by atoms with Crippen molar-refractivity contribution in [2.75, 3.05) is 24.3 Å². The van der Waals surface area contributed by atoms with Crippen LogP contribution in [-0.2, 0) is 14.3 Å². The zero-order chi connectivity index (χ0) is 17.6. The third-order valence-electron chi connectivity index (χ3n) is 3.46. The fourth-order valence-corrected chi connectivity index (χ4v) is 1.82. The highest BCUT2D eigenvalue weighted by Gasteiger charge is 2.21. The molecule has 0 heterocycles. The van der Waals surface area contributed by atoms with Gasteiger partial charge < -0.3 is 21.1 Å². The SMILES string of the molecule is COC(CN)CC(=O)Nc1cc(NC(=O)C(C)(C)C)ccc1C.Cl. The van der Waals surface area contributed by atoms with Gasteiger partial charge in [-0.25, -0.2) is 0 Å². The average Bonchev–Trinajstić information content (AvgIpc) is 2.47. The molecule has 1 aromatic rings. The quantitative estimate of drug-likeness (QED) is 0.729. The van der Waals surface area contributed by atoms with Crippen molar-refractivity contribution in [3.05, 3.63) is 23.8 Å². The van der Waals surface area contributed by atoms with Gasteiger partial charge in [-0.05, 0) is 24.6 Å². The van der Waals surface area contributed by atoms with E-state index in [1.807, 2.05) is 39.8 Å². The van der Waals surface area contributed by atoms with Gasteiger partial charge in [-0.15, -0.1) is 12.4 Å². The van der Waals surface area contributed by atoms with Gasteiger partial charge in [0.05, 0.1) is 12.5 Å². The summed E-state index contributed by atoms with van der Waals surface area (Å²) in [6, 6.07) is 5.41. The van der Waals surface area contributed by atoms with Gasteiger partial charge in [-0.3, -0.25) is 9.59 Å². The van der Waals surface area contributed by atoms with Crippen LogP contribution in [0.2, 0.25) is 0 Å². The van der Waals surface area contributed by atoms with Crippen LogP contribution in [0, 0.1) is 12.3 Å². The summed E-state index contributed by atoms with van der Waals surface area (Å²) in [6.07, 6.45) is -0.121. The number of benzene rings is 1. The van der Waals surface area contributed by atoms with E-state index in [0.717, 1.165) is 5.56 Å². The summed E-state index contributed by atoms with van der Waals surface area (Å²) in [5.41, 5.74) is 7.25. The standard InChI is InChI=1S/C17H27N3O3.ClH/c1-11-6-7-12(19-16(22)17(2,3)4)8-14(11)20-15(21)9-13(10-18)23-5;/h6-8,13H,9-10,18H2,1-5H3,(H,19,22)(H,20,21);1H. The average molecular weight is 358 g/mol. The molecular weight excluding hydrogens is 330 g/mol. The van der Waals surface area contributed by atoms with Crippen LogP contribution in [-0.4, -0.2) is 31.6 Å². The van der Waals surface area contributed by atoms with Gasteiger partial charge in [0.25, 0.3) is 0 Å². The van der Waals surface area contributed by atoms with Gasteiger partial charge in [0.15, 0.2) is 0 Å². The molecule has 6 nitrogen and oxygen atoms in total. The van der Waals surface area contributed by atoms with Crippen molar-refractivity contribution in [1.29, 1.82) is 0 Å². The Bertz CT molecular complexity index is 567. The maximum atomic E-state index is 12.1. The summed E-state index contributed by atoms with van der Waals surface area (Å²) < 4.78 is 5.11. The van der Waals surface area contributed by atoms with E-state index in [1.54, 1.807) is 6.07 Å². The topological polar surface area (TPSA) is 93.4 Å². The first kappa shape index (κ1) is 22.4. The third-order valence-corrected chi connectivity index (χ3v) is 3.46. The first-order valence-electron chi connectivity index (χ1n) is 7.62. The van der Waals surface area contributed by atoms with Crippen molar-refractivity contribution in [2.24, 2.45) is 11.1 Å². The van der Waals surface area contributed by atoms with Gasteiger partial charge in [0.2, 0.25) is 11.8 Å². The Morgan fingerprint density at radius 1 is 1.25 bits per heavy atom. The Morgan fingerprint density at radius 3 is 2.38 bits per heavy atom. The van der Waals surface area contributed by atoms with Gasteiger partial charge >= 0.3 is 0 Å². The Balaban J connectivity index is 0.00000529. The van der Waals surface area contributed by atoms with E-state index in [2.05, 4.69) is 10.6 Å². The highest BCUT2D eigenvalue weighted by Crippen LogP contribution is 2.23. The highest BCUT2D eigenvalue weighted by molar-refractivity contribution is 5.96. The van der Waals surface area contributed by atoms with Crippen LogP contribution in [0.4, 0.5) is 11.4 Å². The van der Waals surface area contributed by atoms with Crippen LogP contribution < -0.4 is 16.4 Å². The van der Waals surface area contributed by atoms with Crippen molar-refractivity contribution >= 4 is 35.6 Å². The maximum Gasteiger partial charge on any atom is 0.229 e. The largest absolute Gasteiger partial charge is 0.380 e. The second-order valence-electron chi connectivity index (χ2n) is 6.58. The number of ether oxygens (including phenoxy) is 1. The third kappa shape index (κ3) is 6.86. The summed E-state index contributed by atoms with van der Waals surface area (Å²) in [5.74, 6) is -0.258. The molecule has 7 heteroatoms. The van der Waals surface area contributed by atoms with E-state index < -0.39 is 5.41 Å². The predicted molar refractivity (Wildman–Crippen MR) is 99.6 cm³/mol. The fourth-order valence-electron chi connectivity index (χ4n) is 1.82. The number of methoxy groups -OCH3 is 1. The highest BCUT2D eigenvalue weighted by atomic mass is 35.5. The predicted octanol–water partition coefficient (Wildman–Crippen LogP) is 2.70. The second-order valence-corrected chi connectivity index (χ2v) is 6.58. The molecule has 4 N–H and O–H groups in total. The number of rotatable bonds is 6. The molecule has 136 valence electrons. The number of carbonyl (C=O) groups is 2. The minimum absolute atomic E-state index is 0. The number of anilines is 2. The molecule has 2 amide bonds. The lowest BCUT2D eigenvalue weighted by molar-refractivity contribution is -0.123. The number of nitrogens with two attached hydrogens (primary N) is 1. The molecular formula is C17H28ClN3O3. The summed E-state index contributed by atoms with van der Waals surface area (Å²) in [7, 11) is 1.53. The zero-order valence-electron chi connectivity index (χ0n) is 14.9. The number of hydrogen-bond acceptors (Lipinski definition) is 4. The van der Waals surface area contributed by atoms with Crippen LogP contribution in [0.3, 0.4) is 0 Å². The molecule has 0 bridgehead atoms. The lowest BCUT2D eigenvalue weighted by atomic mass is 9.95. The Hall–Kier alpha value is -1.63. The molecule has 24 heavy (non-hydrogen) atoms. The van der Waals surface area contributed by atoms with Crippen molar-refractivity contribution in [3.8, 4) is 0 Å². The molecule has 0 fully saturated rings. The zero-order valence-corrected chi connectivity index (χ0v) is 15.8. The van der Waals surface area contributed by atoms with E-state index in [-0.39, 0.29) is 43.3 Å². The molecule has 0 saturated heterocycles. The Labute approximate surface area is 149 Å². The molecule has 1 rings (SSSR count). The maximum absolute atomic E-state index is 12.1. The van der Waals surface area contributed by atoms with Gasteiger partial charge in [0.1, 0.15) is 0 Å². The lowest BCUT2D eigenvalue weighted by Crippen LogP contribution is -2.28. The molecule has 0 spiro atoms. The molecule has 0 aromatic heterocycles. The van der Waals surface area contributed by atoms with E-state index in [1.165, 1.54) is 7.11 Å². The number of aryl methyl sites for hydroxylation is 1. The number of halogens is 1. The summed E-state index contributed by atoms with van der Waals surface area (Å²) in [6.45, 7) is 7.71. The number of amides is 2. The van der Waals surface area contributed by atoms with Crippen LogP contribution in [0.5, 0.6) is 0 Å². The summed E-state index contributed by atoms with van der Waals surface area (Å²) in [4.78, 5) is 24.1. The first-order chi connectivity index (χ1) is 10.7. The van der Waals surface area contributed by atoms with Crippen LogP contribution in [0.1, 0.15) is 32.8 Å². The molecule has 1 atom stereocenters. The van der Waals surface area contributed by atoms with E-state index in [4.69, 9.17) is 10.5 Å². The van der Waals surface area contributed by atoms with Gasteiger partial charge in [-0.2, -0.15) is 0 Å². The van der Waals surface area contributed by atoms with Gasteiger partial charge in [0, 0.05) is 30.4 Å². The first-order valence-corrected chi connectivity index (χ1v) is 7.62. The number of hydrogen-bond donors (Lipinski definition) is 3. The summed E-state index contributed by atoms with van der Waals surface area (Å²) in [5, 5.41) is 5.69. The van der Waals surface area contributed by atoms with Crippen molar-refractivity contribution in [2.45, 2.75) is 40.2 Å². The smallest absolute Gasteiger partial charge is 0.229 e. The van der Waals surface area contributed by atoms with Crippen LogP contribution in [0.25, 0.3) is 0 Å². The Morgan fingerprint density at radius 2 is 1.88 bits per heavy atom. The molecule has 0 saturated carbocycles. The normalized spacial score (nSPS) is 12.1. The van der Waals surface area contributed by atoms with E-state index >= 15 is 0 Å². The minimum Gasteiger partial charge on any atom is -0.380 e. The fraction of sp³-hybridized carbons (Fsp3) is 0.529. The molecule has 0 radical (unpaired) electrons. The lowest BCUT2D eigenvalue weighted by Gasteiger charge is -2.19. The molecule has 1 unspecified atom stereocenters. The number of carbonyl (C=O) groups excluding carboxylic acids is 2. The molecule has 1 aromatic carbocycles. The molecule has 0 aliphatic rings. The van der Waals surface area contributed by atoms with E-state index in [9.17, 15) is 9.59 Å². The minimum atomic E-state index is -0.485. The second kappa shape index (κ2) is 9.61. The number of nitrogens with one attached hydrogen (secondary N) is 2. The van der Waals surface area contributed by atoms with Gasteiger partial charge in [-0.1, -0.05) is 26.8 Å². The molecule has 0 aliphatic carbocycles. The van der Waals surface area contributed by atoms with E-state index in [0.29, 0.717) is 11.4 Å². The monoisotopic (exact) mass is 357 g/mol. The van der Waals surface area contributed by atoms with Crippen LogP contribution >= 0.6 is 12.4 Å². The van der Waals surface area contributed by atoms with Crippen molar-refractivity contribution in [3.63, 3.8) is 0 Å². The summed E-state index contributed by atoms with van der Waals surface area (Å²) >= 11 is 0. The van der Waals surface area contributed by atoms with Crippen molar-refractivity contribution in [1.82, 2.24) is 0 Å². The Kier molecular flexibility index (Phi) is 8.96. The van der Waals surface area contributed by atoms with Crippen molar-refractivity contribution < 1.29 is 14.3 Å².